The Labute approximate surface area is 179 Å². The van der Waals surface area contributed by atoms with E-state index in [4.69, 9.17) is 6.42 Å². The Hall–Kier alpha value is -3.70. The average Bonchev–Trinajstić information content (AvgIpc) is 2.74. The number of fused-ring (bicyclic) bond motifs is 1. The van der Waals surface area contributed by atoms with E-state index in [2.05, 4.69) is 31.1 Å². The lowest BCUT2D eigenvalue weighted by Crippen LogP contribution is -2.64. The number of nitrogens with one attached hydrogen (secondary N) is 1. The van der Waals surface area contributed by atoms with Gasteiger partial charge in [-0.2, -0.15) is 0 Å². The highest BCUT2D eigenvalue weighted by atomic mass is 16.3. The van der Waals surface area contributed by atoms with Gasteiger partial charge in [0.1, 0.15) is 11.5 Å². The molecule has 1 aliphatic heterocycles. The van der Waals surface area contributed by atoms with E-state index in [9.17, 15) is 15.0 Å². The maximum Gasteiger partial charge on any atom is 0.274 e. The predicted molar refractivity (Wildman–Crippen MR) is 114 cm³/mol. The molecule has 156 valence electrons. The molecule has 0 unspecified atom stereocenters. The molecule has 0 bridgehead atoms. The van der Waals surface area contributed by atoms with Crippen LogP contribution in [0.3, 0.4) is 0 Å². The zero-order valence-corrected chi connectivity index (χ0v) is 16.7. The van der Waals surface area contributed by atoms with E-state index in [0.717, 1.165) is 37.3 Å². The van der Waals surface area contributed by atoms with Crippen LogP contribution in [0.2, 0.25) is 0 Å². The van der Waals surface area contributed by atoms with Crippen molar-refractivity contribution in [2.24, 2.45) is 5.41 Å². The van der Waals surface area contributed by atoms with Crippen LogP contribution in [0.25, 0.3) is 10.9 Å². The quantitative estimate of drug-likeness (QED) is 0.555. The van der Waals surface area contributed by atoms with Gasteiger partial charge in [-0.25, -0.2) is 15.0 Å². The Morgan fingerprint density at radius 1 is 1.23 bits per heavy atom. The zero-order chi connectivity index (χ0) is 21.6. The van der Waals surface area contributed by atoms with Crippen molar-refractivity contribution in [3.8, 4) is 18.1 Å². The summed E-state index contributed by atoms with van der Waals surface area (Å²) < 4.78 is 0. The number of aliphatic hydroxyl groups is 1. The lowest BCUT2D eigenvalue weighted by atomic mass is 9.62. The minimum Gasteiger partial charge on any atom is -0.505 e. The SMILES string of the molecule is C#Cc1ccc(CNC(=O)c2ncc3nc(N4CC5(CC(O)C5)C4)ccc3c2O)cn1. The Balaban J connectivity index is 1.29. The zero-order valence-electron chi connectivity index (χ0n) is 16.7. The lowest BCUT2D eigenvalue weighted by molar-refractivity contribution is -0.0494. The Bertz CT molecular complexity index is 1200. The lowest BCUT2D eigenvalue weighted by Gasteiger charge is -2.58. The molecule has 0 radical (unpaired) electrons. The molecule has 3 aromatic heterocycles. The Kier molecular flexibility index (Phi) is 4.49. The number of anilines is 1. The molecule has 8 heteroatoms. The van der Waals surface area contributed by atoms with Crippen molar-refractivity contribution in [3.63, 3.8) is 0 Å². The summed E-state index contributed by atoms with van der Waals surface area (Å²) in [5, 5.41) is 23.4. The number of carbonyl (C=O) groups is 1. The molecule has 2 fully saturated rings. The van der Waals surface area contributed by atoms with Crippen LogP contribution in [-0.2, 0) is 6.54 Å². The van der Waals surface area contributed by atoms with Crippen molar-refractivity contribution in [1.82, 2.24) is 20.3 Å². The topological polar surface area (TPSA) is 111 Å². The van der Waals surface area contributed by atoms with Crippen LogP contribution < -0.4 is 10.2 Å². The second kappa shape index (κ2) is 7.22. The highest BCUT2D eigenvalue weighted by Crippen LogP contribution is 2.49. The van der Waals surface area contributed by atoms with E-state index in [1.54, 1.807) is 24.4 Å². The van der Waals surface area contributed by atoms with Crippen molar-refractivity contribution in [1.29, 1.82) is 0 Å². The molecular weight excluding hydrogens is 394 g/mol. The Morgan fingerprint density at radius 3 is 2.71 bits per heavy atom. The van der Waals surface area contributed by atoms with E-state index < -0.39 is 5.91 Å². The maximum absolute atomic E-state index is 12.5. The summed E-state index contributed by atoms with van der Waals surface area (Å²) in [5.41, 5.74) is 2.01. The third kappa shape index (κ3) is 3.43. The van der Waals surface area contributed by atoms with Crippen molar-refractivity contribution in [2.45, 2.75) is 25.5 Å². The molecule has 1 saturated heterocycles. The third-order valence-corrected chi connectivity index (χ3v) is 6.06. The monoisotopic (exact) mass is 415 g/mol. The molecule has 0 atom stereocenters. The van der Waals surface area contributed by atoms with Gasteiger partial charge >= 0.3 is 0 Å². The van der Waals surface area contributed by atoms with E-state index in [0.29, 0.717) is 16.6 Å². The number of nitrogens with zero attached hydrogens (tertiary/aromatic N) is 4. The molecule has 4 heterocycles. The number of hydrogen-bond donors (Lipinski definition) is 3. The molecule has 2 aliphatic rings. The van der Waals surface area contributed by atoms with Crippen LogP contribution in [0.1, 0.15) is 34.6 Å². The summed E-state index contributed by atoms with van der Waals surface area (Å²) in [6.45, 7) is 1.98. The standard InChI is InChI=1S/C23H21N5O3/c1-2-15-4-3-14(9-24-15)10-26-22(31)20-21(30)17-5-6-19(27-18(17)11-25-20)28-12-23(13-28)7-16(29)8-23/h1,3-6,9,11,16,29-30H,7-8,10,12-13H2,(H,26,31). The molecule has 3 N–H and O–H groups in total. The van der Waals surface area contributed by atoms with E-state index >= 15 is 0 Å². The number of aromatic nitrogens is 3. The number of aromatic hydroxyl groups is 1. The fourth-order valence-corrected chi connectivity index (χ4v) is 4.42. The summed E-state index contributed by atoms with van der Waals surface area (Å²) in [4.78, 5) is 27.5. The molecule has 0 aromatic carbocycles. The van der Waals surface area contributed by atoms with Crippen LogP contribution >= 0.6 is 0 Å². The van der Waals surface area contributed by atoms with Crippen LogP contribution in [-0.4, -0.2) is 50.3 Å². The summed E-state index contributed by atoms with van der Waals surface area (Å²) in [6.07, 6.45) is 9.91. The van der Waals surface area contributed by atoms with Crippen LogP contribution in [0.15, 0.2) is 36.7 Å². The predicted octanol–water partition coefficient (Wildman–Crippen LogP) is 1.60. The molecule has 31 heavy (non-hydrogen) atoms. The van der Waals surface area contributed by atoms with Gasteiger partial charge in [0.15, 0.2) is 11.4 Å². The van der Waals surface area contributed by atoms with E-state index in [1.165, 1.54) is 6.20 Å². The molecule has 1 aliphatic carbocycles. The minimum atomic E-state index is -0.488. The number of pyridine rings is 3. The number of carbonyl (C=O) groups excluding carboxylic acids is 1. The number of amides is 1. The fraction of sp³-hybridized carbons (Fsp3) is 0.304. The number of terminal acetylenes is 1. The molecule has 5 rings (SSSR count). The van der Waals surface area contributed by atoms with Crippen LogP contribution in [0.5, 0.6) is 5.75 Å². The first-order valence-corrected chi connectivity index (χ1v) is 10.1. The van der Waals surface area contributed by atoms with Gasteiger partial charge in [0, 0.05) is 36.6 Å². The molecule has 1 saturated carbocycles. The second-order valence-corrected chi connectivity index (χ2v) is 8.35. The van der Waals surface area contributed by atoms with Gasteiger partial charge in [-0.05, 0) is 36.6 Å². The van der Waals surface area contributed by atoms with Gasteiger partial charge in [0.25, 0.3) is 5.91 Å². The number of hydrogen-bond acceptors (Lipinski definition) is 7. The van der Waals surface area contributed by atoms with Crippen molar-refractivity contribution in [3.05, 3.63) is 53.6 Å². The van der Waals surface area contributed by atoms with Gasteiger partial charge in [0.05, 0.1) is 17.8 Å². The first-order chi connectivity index (χ1) is 15.0. The molecule has 1 amide bonds. The molecule has 1 spiro atoms. The van der Waals surface area contributed by atoms with Gasteiger partial charge in [0.2, 0.25) is 0 Å². The summed E-state index contributed by atoms with van der Waals surface area (Å²) in [6, 6.07) is 7.08. The fourth-order valence-electron chi connectivity index (χ4n) is 4.42. The maximum atomic E-state index is 12.5. The minimum absolute atomic E-state index is 0.0541. The van der Waals surface area contributed by atoms with Gasteiger partial charge in [-0.15, -0.1) is 6.42 Å². The highest BCUT2D eigenvalue weighted by Gasteiger charge is 2.52. The van der Waals surface area contributed by atoms with Crippen LogP contribution in [0.4, 0.5) is 5.82 Å². The van der Waals surface area contributed by atoms with E-state index in [1.807, 2.05) is 6.07 Å². The third-order valence-electron chi connectivity index (χ3n) is 6.06. The summed E-state index contributed by atoms with van der Waals surface area (Å²) >= 11 is 0. The molecule has 3 aromatic rings. The van der Waals surface area contributed by atoms with Crippen molar-refractivity contribution >= 4 is 22.6 Å². The second-order valence-electron chi connectivity index (χ2n) is 8.35. The first kappa shape index (κ1) is 19.3. The number of aliphatic hydroxyl groups excluding tert-OH is 1. The molecule has 8 nitrogen and oxygen atoms in total. The smallest absolute Gasteiger partial charge is 0.274 e. The highest BCUT2D eigenvalue weighted by molar-refractivity contribution is 6.00. The Morgan fingerprint density at radius 2 is 2.03 bits per heavy atom. The summed E-state index contributed by atoms with van der Waals surface area (Å²) in [5.74, 6) is 2.56. The van der Waals surface area contributed by atoms with Gasteiger partial charge in [-0.1, -0.05) is 12.0 Å². The summed E-state index contributed by atoms with van der Waals surface area (Å²) in [7, 11) is 0. The van der Waals surface area contributed by atoms with Crippen molar-refractivity contribution < 1.29 is 15.0 Å². The van der Waals surface area contributed by atoms with Crippen LogP contribution in [0, 0.1) is 17.8 Å². The first-order valence-electron chi connectivity index (χ1n) is 10.1. The molecular formula is C23H21N5O3. The average molecular weight is 415 g/mol. The number of rotatable bonds is 4. The van der Waals surface area contributed by atoms with Crippen molar-refractivity contribution in [2.75, 3.05) is 18.0 Å². The largest absolute Gasteiger partial charge is 0.505 e. The normalized spacial score (nSPS) is 17.1. The van der Waals surface area contributed by atoms with Gasteiger partial charge in [-0.3, -0.25) is 4.79 Å². The van der Waals surface area contributed by atoms with Gasteiger partial charge < -0.3 is 20.4 Å². The van der Waals surface area contributed by atoms with E-state index in [-0.39, 0.29) is 29.5 Å².